The molecule has 108 valence electrons. The highest BCUT2D eigenvalue weighted by Crippen LogP contribution is 2.21. The van der Waals surface area contributed by atoms with Gasteiger partial charge in [0.2, 0.25) is 5.91 Å². The van der Waals surface area contributed by atoms with Crippen molar-refractivity contribution in [2.45, 2.75) is 13.8 Å². The Hall–Kier alpha value is -2.40. The zero-order valence-corrected chi connectivity index (χ0v) is 12.4. The molecule has 21 heavy (non-hydrogen) atoms. The number of rotatable bonds is 3. The monoisotopic (exact) mass is 303 g/mol. The van der Waals surface area contributed by atoms with Crippen molar-refractivity contribution in [2.24, 2.45) is 0 Å². The number of aryl methyl sites for hydroxylation is 1. The fourth-order valence-corrected chi connectivity index (χ4v) is 2.03. The average Bonchev–Trinajstić information content (AvgIpc) is 2.42. The summed E-state index contributed by atoms with van der Waals surface area (Å²) in [6.45, 7) is 3.29. The van der Waals surface area contributed by atoms with Crippen molar-refractivity contribution in [3.05, 3.63) is 52.8 Å². The van der Waals surface area contributed by atoms with Crippen LogP contribution in [0.4, 0.5) is 11.4 Å². The zero-order chi connectivity index (χ0) is 15.4. The molecule has 0 bridgehead atoms. The van der Waals surface area contributed by atoms with Gasteiger partial charge in [-0.25, -0.2) is 4.98 Å². The van der Waals surface area contributed by atoms with Crippen molar-refractivity contribution in [2.75, 3.05) is 10.6 Å². The highest BCUT2D eigenvalue weighted by Gasteiger charge is 2.11. The first-order valence-corrected chi connectivity index (χ1v) is 6.65. The molecular weight excluding hydrogens is 290 g/mol. The Morgan fingerprint density at radius 3 is 2.57 bits per heavy atom. The Kier molecular flexibility index (Phi) is 4.55. The molecule has 0 fully saturated rings. The molecule has 2 N–H and O–H groups in total. The van der Waals surface area contributed by atoms with Gasteiger partial charge in [0.05, 0.1) is 5.56 Å². The number of pyridine rings is 1. The highest BCUT2D eigenvalue weighted by atomic mass is 35.5. The molecule has 2 amide bonds. The second-order valence-corrected chi connectivity index (χ2v) is 4.86. The summed E-state index contributed by atoms with van der Waals surface area (Å²) in [7, 11) is 0. The second-order valence-electron chi connectivity index (χ2n) is 4.51. The van der Waals surface area contributed by atoms with Crippen molar-refractivity contribution in [1.29, 1.82) is 0 Å². The Labute approximate surface area is 127 Å². The van der Waals surface area contributed by atoms with Gasteiger partial charge in [0.1, 0.15) is 5.15 Å². The number of nitrogens with zero attached hydrogens (tertiary/aromatic N) is 1. The lowest BCUT2D eigenvalue weighted by Gasteiger charge is -2.10. The molecule has 0 saturated carbocycles. The van der Waals surface area contributed by atoms with Crippen LogP contribution in [0.1, 0.15) is 22.8 Å². The Balaban J connectivity index is 2.17. The van der Waals surface area contributed by atoms with Crippen LogP contribution < -0.4 is 10.6 Å². The molecule has 2 aromatic rings. The Bertz CT molecular complexity index is 701. The summed E-state index contributed by atoms with van der Waals surface area (Å²) in [6, 6.07) is 8.46. The van der Waals surface area contributed by atoms with Gasteiger partial charge in [-0.05, 0) is 42.8 Å². The van der Waals surface area contributed by atoms with Crippen molar-refractivity contribution < 1.29 is 9.59 Å². The van der Waals surface area contributed by atoms with E-state index < -0.39 is 0 Å². The van der Waals surface area contributed by atoms with E-state index in [1.807, 2.05) is 6.92 Å². The van der Waals surface area contributed by atoms with Crippen LogP contribution in [0.3, 0.4) is 0 Å². The normalized spacial score (nSPS) is 10.0. The van der Waals surface area contributed by atoms with Gasteiger partial charge >= 0.3 is 0 Å². The first-order chi connectivity index (χ1) is 9.97. The van der Waals surface area contributed by atoms with Crippen molar-refractivity contribution in [3.8, 4) is 0 Å². The van der Waals surface area contributed by atoms with Crippen molar-refractivity contribution >= 4 is 34.8 Å². The lowest BCUT2D eigenvalue weighted by molar-refractivity contribution is -0.114. The third-order valence-corrected chi connectivity index (χ3v) is 3.10. The molecule has 1 heterocycles. The molecule has 2 rings (SSSR count). The smallest absolute Gasteiger partial charge is 0.258 e. The second kappa shape index (κ2) is 6.37. The third-order valence-electron chi connectivity index (χ3n) is 2.80. The number of benzene rings is 1. The SMILES string of the molecule is CC(=O)Nc1ccc(NC(=O)c2cccnc2Cl)cc1C. The summed E-state index contributed by atoms with van der Waals surface area (Å²) in [4.78, 5) is 27.0. The first kappa shape index (κ1) is 15.0. The molecule has 0 unspecified atom stereocenters. The van der Waals surface area contributed by atoms with E-state index >= 15 is 0 Å². The molecule has 1 aromatic heterocycles. The van der Waals surface area contributed by atoms with Crippen LogP contribution in [-0.2, 0) is 4.79 Å². The zero-order valence-electron chi connectivity index (χ0n) is 11.6. The van der Waals surface area contributed by atoms with Crippen LogP contribution in [0.2, 0.25) is 5.15 Å². The number of nitrogens with one attached hydrogen (secondary N) is 2. The number of amides is 2. The molecule has 0 spiro atoms. The van der Waals surface area contributed by atoms with E-state index in [-0.39, 0.29) is 17.0 Å². The number of aromatic nitrogens is 1. The lowest BCUT2D eigenvalue weighted by Crippen LogP contribution is -2.13. The minimum Gasteiger partial charge on any atom is -0.326 e. The summed E-state index contributed by atoms with van der Waals surface area (Å²) >= 11 is 5.88. The van der Waals surface area contributed by atoms with Crippen molar-refractivity contribution in [1.82, 2.24) is 4.98 Å². The number of hydrogen-bond acceptors (Lipinski definition) is 3. The molecule has 5 nitrogen and oxygen atoms in total. The molecular formula is C15H14ClN3O2. The van der Waals surface area contributed by atoms with Gasteiger partial charge in [-0.15, -0.1) is 0 Å². The number of hydrogen-bond donors (Lipinski definition) is 2. The van der Waals surface area contributed by atoms with Crippen LogP contribution >= 0.6 is 11.6 Å². The Morgan fingerprint density at radius 2 is 1.95 bits per heavy atom. The molecule has 0 aliphatic rings. The van der Waals surface area contributed by atoms with Gasteiger partial charge in [0, 0.05) is 24.5 Å². The largest absolute Gasteiger partial charge is 0.326 e. The Morgan fingerprint density at radius 1 is 1.19 bits per heavy atom. The van der Waals surface area contributed by atoms with Crippen LogP contribution in [0.25, 0.3) is 0 Å². The van der Waals surface area contributed by atoms with Crippen LogP contribution in [0.5, 0.6) is 0 Å². The molecule has 1 aromatic carbocycles. The summed E-state index contributed by atoms with van der Waals surface area (Å²) in [5.74, 6) is -0.475. The van der Waals surface area contributed by atoms with E-state index in [1.54, 1.807) is 30.3 Å². The van der Waals surface area contributed by atoms with Gasteiger partial charge in [0.15, 0.2) is 0 Å². The first-order valence-electron chi connectivity index (χ1n) is 6.27. The molecule has 6 heteroatoms. The van der Waals surface area contributed by atoms with Crippen LogP contribution in [0.15, 0.2) is 36.5 Å². The van der Waals surface area contributed by atoms with Gasteiger partial charge in [-0.3, -0.25) is 9.59 Å². The van der Waals surface area contributed by atoms with Crippen LogP contribution in [-0.4, -0.2) is 16.8 Å². The van der Waals surface area contributed by atoms with E-state index in [4.69, 9.17) is 11.6 Å². The minimum absolute atomic E-state index is 0.142. The summed E-state index contributed by atoms with van der Waals surface area (Å²) in [6.07, 6.45) is 1.52. The predicted octanol–water partition coefficient (Wildman–Crippen LogP) is 3.25. The summed E-state index contributed by atoms with van der Waals surface area (Å²) in [5, 5.41) is 5.61. The van der Waals surface area contributed by atoms with Gasteiger partial charge in [-0.1, -0.05) is 11.6 Å². The van der Waals surface area contributed by atoms with Gasteiger partial charge in [0.25, 0.3) is 5.91 Å². The van der Waals surface area contributed by atoms with E-state index in [2.05, 4.69) is 15.6 Å². The molecule has 0 aliphatic carbocycles. The van der Waals surface area contributed by atoms with E-state index in [0.29, 0.717) is 16.9 Å². The fourth-order valence-electron chi connectivity index (χ4n) is 1.83. The predicted molar refractivity (Wildman–Crippen MR) is 82.7 cm³/mol. The molecule has 0 atom stereocenters. The number of carbonyl (C=O) groups is 2. The van der Waals surface area contributed by atoms with Crippen molar-refractivity contribution in [3.63, 3.8) is 0 Å². The molecule has 0 aliphatic heterocycles. The lowest BCUT2D eigenvalue weighted by atomic mass is 10.1. The van der Waals surface area contributed by atoms with Gasteiger partial charge < -0.3 is 10.6 Å². The standard InChI is InChI=1S/C15H14ClN3O2/c1-9-8-11(5-6-13(9)18-10(2)20)19-15(21)12-4-3-7-17-14(12)16/h3-8H,1-2H3,(H,18,20)(H,19,21). The summed E-state index contributed by atoms with van der Waals surface area (Å²) < 4.78 is 0. The third kappa shape index (κ3) is 3.79. The maximum atomic E-state index is 12.1. The van der Waals surface area contributed by atoms with E-state index in [1.165, 1.54) is 13.1 Å². The average molecular weight is 304 g/mol. The highest BCUT2D eigenvalue weighted by molar-refractivity contribution is 6.33. The van der Waals surface area contributed by atoms with E-state index in [0.717, 1.165) is 5.56 Å². The fraction of sp³-hybridized carbons (Fsp3) is 0.133. The van der Waals surface area contributed by atoms with E-state index in [9.17, 15) is 9.59 Å². The number of anilines is 2. The van der Waals surface area contributed by atoms with Crippen LogP contribution in [0, 0.1) is 6.92 Å². The summed E-state index contributed by atoms with van der Waals surface area (Å²) in [5.41, 5.74) is 2.48. The maximum absolute atomic E-state index is 12.1. The number of halogens is 1. The van der Waals surface area contributed by atoms with Gasteiger partial charge in [-0.2, -0.15) is 0 Å². The minimum atomic E-state index is -0.334. The molecule has 0 saturated heterocycles. The topological polar surface area (TPSA) is 71.1 Å². The number of carbonyl (C=O) groups excluding carboxylic acids is 2. The maximum Gasteiger partial charge on any atom is 0.258 e. The molecule has 0 radical (unpaired) electrons. The quantitative estimate of drug-likeness (QED) is 0.855.